The molecule has 1 aliphatic rings. The maximum atomic E-state index is 10.4. The van der Waals surface area contributed by atoms with Crippen LogP contribution in [0.1, 0.15) is 0 Å². The molecule has 0 saturated heterocycles. The van der Waals surface area contributed by atoms with Gasteiger partial charge in [-0.2, -0.15) is 8.42 Å². The fourth-order valence-electron chi connectivity index (χ4n) is 1.45. The lowest BCUT2D eigenvalue weighted by molar-refractivity contribution is -0.217. The molecule has 1 fully saturated rings. The summed E-state index contributed by atoms with van der Waals surface area (Å²) in [6, 6.07) is 0. The van der Waals surface area contributed by atoms with E-state index in [1.807, 2.05) is 0 Å². The van der Waals surface area contributed by atoms with Crippen molar-refractivity contribution in [3.05, 3.63) is 0 Å². The number of hydrogen-bond donors (Lipinski definition) is 6. The molecule has 0 bridgehead atoms. The highest BCUT2D eigenvalue weighted by Gasteiger charge is 2.50. The van der Waals surface area contributed by atoms with Crippen molar-refractivity contribution in [3.63, 3.8) is 0 Å². The summed E-state index contributed by atoms with van der Waals surface area (Å²) in [7, 11) is -4.98. The summed E-state index contributed by atoms with van der Waals surface area (Å²) in [5.74, 6) is 0. The highest BCUT2D eigenvalue weighted by molar-refractivity contribution is 7.80. The zero-order chi connectivity index (χ0) is 12.7. The van der Waals surface area contributed by atoms with Gasteiger partial charge in [-0.3, -0.25) is 4.55 Å². The van der Waals surface area contributed by atoms with Gasteiger partial charge in [-0.05, 0) is 0 Å². The smallest absolute Gasteiger partial charge is 0.387 e. The van der Waals surface area contributed by atoms with Crippen LogP contribution in [0.3, 0.4) is 0 Å². The molecule has 1 rings (SSSR count). The van der Waals surface area contributed by atoms with Gasteiger partial charge >= 0.3 is 10.4 Å². The predicted molar refractivity (Wildman–Crippen MR) is 46.5 cm³/mol. The molecular weight excluding hydrogens is 248 g/mol. The quantitative estimate of drug-likeness (QED) is 0.271. The number of rotatable bonds is 2. The molecule has 6 N–H and O–H groups in total. The number of hydrogen-bond acceptors (Lipinski definition) is 8. The van der Waals surface area contributed by atoms with Gasteiger partial charge in [0, 0.05) is 0 Å². The van der Waals surface area contributed by atoms with Crippen LogP contribution < -0.4 is 0 Å². The molecule has 0 radical (unpaired) electrons. The average Bonchev–Trinajstić information content (AvgIpc) is 2.17. The van der Waals surface area contributed by atoms with Crippen molar-refractivity contribution >= 4 is 10.4 Å². The molecule has 0 spiro atoms. The van der Waals surface area contributed by atoms with Crippen LogP contribution in [0.5, 0.6) is 0 Å². The molecule has 4 atom stereocenters. The van der Waals surface area contributed by atoms with Gasteiger partial charge in [0.25, 0.3) is 0 Å². The minimum atomic E-state index is -4.98. The third kappa shape index (κ3) is 2.67. The van der Waals surface area contributed by atoms with Crippen LogP contribution in [0.15, 0.2) is 0 Å². The second-order valence-electron chi connectivity index (χ2n) is 3.44. The van der Waals surface area contributed by atoms with E-state index < -0.39 is 47.0 Å². The van der Waals surface area contributed by atoms with Gasteiger partial charge in [-0.1, -0.05) is 0 Å². The Morgan fingerprint density at radius 1 is 0.750 bits per heavy atom. The molecule has 1 saturated carbocycles. The van der Waals surface area contributed by atoms with Gasteiger partial charge in [0.15, 0.2) is 0 Å². The Bertz CT molecular complexity index is 324. The van der Waals surface area contributed by atoms with E-state index in [9.17, 15) is 28.8 Å². The summed E-state index contributed by atoms with van der Waals surface area (Å²) in [6.45, 7) is 0. The van der Waals surface area contributed by atoms with Crippen molar-refractivity contribution in [1.82, 2.24) is 0 Å². The first kappa shape index (κ1) is 13.7. The minimum absolute atomic E-state index is 1.86. The fraction of sp³-hybridized carbons (Fsp3) is 1.00. The lowest BCUT2D eigenvalue weighted by atomic mass is 9.85. The second kappa shape index (κ2) is 4.50. The number of aliphatic hydroxyl groups is 5. The van der Waals surface area contributed by atoms with E-state index in [0.717, 1.165) is 0 Å². The maximum Gasteiger partial charge on any atom is 0.397 e. The number of aliphatic hydroxyl groups excluding tert-OH is 5. The fourth-order valence-corrected chi connectivity index (χ4v) is 1.96. The monoisotopic (exact) mass is 260 g/mol. The van der Waals surface area contributed by atoms with E-state index in [1.165, 1.54) is 0 Å². The lowest BCUT2D eigenvalue weighted by Crippen LogP contribution is -2.64. The summed E-state index contributed by atoms with van der Waals surface area (Å²) in [6.07, 6.45) is -11.6. The van der Waals surface area contributed by atoms with Gasteiger partial charge < -0.3 is 25.5 Å². The van der Waals surface area contributed by atoms with Crippen LogP contribution in [0, 0.1) is 0 Å². The molecule has 0 amide bonds. The zero-order valence-corrected chi connectivity index (χ0v) is 8.60. The first-order chi connectivity index (χ1) is 7.15. The molecule has 0 aromatic rings. The second-order valence-corrected chi connectivity index (χ2v) is 4.49. The van der Waals surface area contributed by atoms with Crippen LogP contribution in [0.4, 0.5) is 0 Å². The molecule has 9 nitrogen and oxygen atoms in total. The lowest BCUT2D eigenvalue weighted by Gasteiger charge is -2.40. The van der Waals surface area contributed by atoms with E-state index in [4.69, 9.17) is 9.66 Å². The summed E-state index contributed by atoms with van der Waals surface area (Å²) < 4.78 is 33.0. The standard InChI is InChI=1S/C6H12O9S/c7-1-2(8)4(10)6(5(11)3(1)9)15-16(12,13)14/h1-11H,(H,12,13,14). The summed E-state index contributed by atoms with van der Waals surface area (Å²) in [5, 5.41) is 46.0. The SMILES string of the molecule is O=S(=O)(O)OC1C(O)C(O)C(O)C(O)C1O. The topological polar surface area (TPSA) is 165 Å². The van der Waals surface area contributed by atoms with Gasteiger partial charge in [0.05, 0.1) is 0 Å². The van der Waals surface area contributed by atoms with E-state index in [-0.39, 0.29) is 0 Å². The molecule has 10 heteroatoms. The van der Waals surface area contributed by atoms with Crippen molar-refractivity contribution < 1.29 is 42.7 Å². The van der Waals surface area contributed by atoms with Gasteiger partial charge in [0.1, 0.15) is 36.6 Å². The van der Waals surface area contributed by atoms with E-state index in [2.05, 4.69) is 4.18 Å². The molecule has 0 aliphatic heterocycles. The molecule has 96 valence electrons. The third-order valence-corrected chi connectivity index (χ3v) is 2.77. The van der Waals surface area contributed by atoms with Crippen molar-refractivity contribution in [1.29, 1.82) is 0 Å². The highest BCUT2D eigenvalue weighted by Crippen LogP contribution is 2.24. The van der Waals surface area contributed by atoms with Crippen molar-refractivity contribution in [2.24, 2.45) is 0 Å². The molecule has 0 aromatic heterocycles. The van der Waals surface area contributed by atoms with E-state index in [1.54, 1.807) is 0 Å². The highest BCUT2D eigenvalue weighted by atomic mass is 32.3. The van der Waals surface area contributed by atoms with Crippen molar-refractivity contribution in [2.45, 2.75) is 36.6 Å². The summed E-state index contributed by atoms with van der Waals surface area (Å²) in [5.41, 5.74) is 0. The third-order valence-electron chi connectivity index (χ3n) is 2.31. The van der Waals surface area contributed by atoms with Crippen LogP contribution in [0.2, 0.25) is 0 Å². The molecular formula is C6H12O9S. The van der Waals surface area contributed by atoms with Gasteiger partial charge in [-0.25, -0.2) is 4.18 Å². The molecule has 1 aliphatic carbocycles. The summed E-state index contributed by atoms with van der Waals surface area (Å²) >= 11 is 0. The predicted octanol–water partition coefficient (Wildman–Crippen LogP) is -4.01. The molecule has 16 heavy (non-hydrogen) atoms. The van der Waals surface area contributed by atoms with E-state index in [0.29, 0.717) is 0 Å². The van der Waals surface area contributed by atoms with Crippen molar-refractivity contribution in [3.8, 4) is 0 Å². The van der Waals surface area contributed by atoms with E-state index >= 15 is 0 Å². The Kier molecular flexibility index (Phi) is 3.87. The normalized spacial score (nSPS) is 45.6. The molecule has 4 unspecified atom stereocenters. The largest absolute Gasteiger partial charge is 0.397 e. The van der Waals surface area contributed by atoms with Crippen LogP contribution in [-0.4, -0.2) is 75.1 Å². The minimum Gasteiger partial charge on any atom is -0.387 e. The Balaban J connectivity index is 2.91. The first-order valence-corrected chi connectivity index (χ1v) is 5.57. The summed E-state index contributed by atoms with van der Waals surface area (Å²) in [4.78, 5) is 0. The van der Waals surface area contributed by atoms with Gasteiger partial charge in [-0.15, -0.1) is 0 Å². The Morgan fingerprint density at radius 2 is 1.06 bits per heavy atom. The Labute approximate surface area is 90.5 Å². The Morgan fingerprint density at radius 3 is 1.38 bits per heavy atom. The van der Waals surface area contributed by atoms with Gasteiger partial charge in [0.2, 0.25) is 0 Å². The maximum absolute atomic E-state index is 10.4. The molecule has 0 aromatic carbocycles. The first-order valence-electron chi connectivity index (χ1n) is 4.21. The van der Waals surface area contributed by atoms with Crippen LogP contribution >= 0.6 is 0 Å². The molecule has 0 heterocycles. The van der Waals surface area contributed by atoms with Crippen LogP contribution in [-0.2, 0) is 14.6 Å². The Hall–Kier alpha value is -0.330. The van der Waals surface area contributed by atoms with Crippen molar-refractivity contribution in [2.75, 3.05) is 0 Å². The van der Waals surface area contributed by atoms with Crippen LogP contribution in [0.25, 0.3) is 0 Å². The average molecular weight is 260 g/mol. The zero-order valence-electron chi connectivity index (χ0n) is 7.78.